The number of hydrogen-bond donors (Lipinski definition) is 0. The Bertz CT molecular complexity index is 1410. The summed E-state index contributed by atoms with van der Waals surface area (Å²) in [5.41, 5.74) is 0. The fourth-order valence-corrected chi connectivity index (χ4v) is 11.0. The molecule has 0 aliphatic heterocycles. The zero-order valence-electron chi connectivity index (χ0n) is 55.3. The Kier molecular flexibility index (Phi) is 68.6. The first-order valence-corrected chi connectivity index (χ1v) is 36.6. The smallest absolute Gasteiger partial charge is 0.306 e. The minimum absolute atomic E-state index is 0.0697. The highest BCUT2D eigenvalue weighted by Gasteiger charge is 2.19. The maximum absolute atomic E-state index is 13.0. The molecule has 82 heavy (non-hydrogen) atoms. The lowest BCUT2D eigenvalue weighted by Gasteiger charge is -2.18. The van der Waals surface area contributed by atoms with Crippen molar-refractivity contribution in [2.75, 3.05) is 13.2 Å². The van der Waals surface area contributed by atoms with Gasteiger partial charge in [-0.15, -0.1) is 0 Å². The summed E-state index contributed by atoms with van der Waals surface area (Å²) in [6, 6.07) is 0. The van der Waals surface area contributed by atoms with Gasteiger partial charge in [0.25, 0.3) is 0 Å². The largest absolute Gasteiger partial charge is 0.462 e. The molecule has 6 nitrogen and oxygen atoms in total. The van der Waals surface area contributed by atoms with Gasteiger partial charge in [0.2, 0.25) is 0 Å². The molecule has 0 aromatic heterocycles. The van der Waals surface area contributed by atoms with E-state index in [0.29, 0.717) is 19.3 Å². The molecule has 0 bridgehead atoms. The molecule has 0 fully saturated rings. The third kappa shape index (κ3) is 68.2. The molecule has 0 radical (unpaired) electrons. The van der Waals surface area contributed by atoms with Crippen molar-refractivity contribution >= 4 is 17.9 Å². The molecule has 0 aliphatic rings. The molecular weight excluding hydrogens is 1010 g/mol. The van der Waals surface area contributed by atoms with E-state index < -0.39 is 6.10 Å². The highest BCUT2D eigenvalue weighted by Crippen LogP contribution is 2.18. The van der Waals surface area contributed by atoms with Crippen LogP contribution in [0.25, 0.3) is 0 Å². The number of allylic oxidation sites excluding steroid dienone is 8. The highest BCUT2D eigenvalue weighted by molar-refractivity contribution is 5.71. The van der Waals surface area contributed by atoms with Crippen LogP contribution in [0.1, 0.15) is 400 Å². The van der Waals surface area contributed by atoms with Gasteiger partial charge in [-0.25, -0.2) is 0 Å². The van der Waals surface area contributed by atoms with E-state index in [4.69, 9.17) is 14.2 Å². The molecule has 0 N–H and O–H groups in total. The zero-order chi connectivity index (χ0) is 59.2. The minimum Gasteiger partial charge on any atom is -0.462 e. The molecule has 1 atom stereocenters. The molecule has 1 unspecified atom stereocenters. The standard InChI is InChI=1S/C76H140O6/c1-4-7-10-13-16-19-22-25-27-29-31-33-35-37-38-40-41-43-45-47-49-51-54-57-60-63-66-69-75(78)81-72-73(71-80-74(77)68-65-62-59-56-53-24-21-18-15-12-9-6-3)82-76(79)70-67-64-61-58-55-52-50-48-46-44-42-39-36-34-32-30-28-26-23-20-17-14-11-8-5-2/h23,26,29-32,36,39,73H,4-22,24-25,27-28,33-35,37-38,40-72H2,1-3H3/b26-23-,31-29-,32-30-,39-36-. The van der Waals surface area contributed by atoms with Crippen LogP contribution in [0.5, 0.6) is 0 Å². The third-order valence-electron chi connectivity index (χ3n) is 16.6. The average molecular weight is 1150 g/mol. The number of rotatable bonds is 68. The Morgan fingerprint density at radius 2 is 0.439 bits per heavy atom. The Balaban J connectivity index is 4.21. The topological polar surface area (TPSA) is 78.9 Å². The van der Waals surface area contributed by atoms with E-state index in [1.54, 1.807) is 0 Å². The van der Waals surface area contributed by atoms with E-state index in [2.05, 4.69) is 69.4 Å². The van der Waals surface area contributed by atoms with Crippen molar-refractivity contribution in [2.45, 2.75) is 406 Å². The molecule has 0 amide bonds. The molecular formula is C76H140O6. The van der Waals surface area contributed by atoms with Crippen LogP contribution in [0.3, 0.4) is 0 Å². The van der Waals surface area contributed by atoms with Crippen molar-refractivity contribution in [3.05, 3.63) is 48.6 Å². The number of esters is 3. The van der Waals surface area contributed by atoms with Crippen LogP contribution in [0.4, 0.5) is 0 Å². The Morgan fingerprint density at radius 1 is 0.244 bits per heavy atom. The SMILES string of the molecule is CCCCCCC/C=C\C/C=C\C/C=C\CCCCCCCCCCCCC(=O)OC(COC(=O)CCCCCCCCCCCCCC)COC(=O)CCCCCCCCCCCCCCCCC/C=C\CCCCCCCCCC. The van der Waals surface area contributed by atoms with Crippen LogP contribution in [0.15, 0.2) is 48.6 Å². The fourth-order valence-electron chi connectivity index (χ4n) is 11.0. The summed E-state index contributed by atoms with van der Waals surface area (Å²) in [5, 5.41) is 0. The summed E-state index contributed by atoms with van der Waals surface area (Å²) < 4.78 is 17.0. The molecule has 6 heteroatoms. The van der Waals surface area contributed by atoms with Crippen molar-refractivity contribution in [3.8, 4) is 0 Å². The van der Waals surface area contributed by atoms with Gasteiger partial charge >= 0.3 is 17.9 Å². The Labute approximate surface area is 511 Å². The summed E-state index contributed by atoms with van der Waals surface area (Å²) >= 11 is 0. The lowest BCUT2D eigenvalue weighted by Crippen LogP contribution is -2.30. The monoisotopic (exact) mass is 1150 g/mol. The second-order valence-corrected chi connectivity index (χ2v) is 24.9. The maximum Gasteiger partial charge on any atom is 0.306 e. The fraction of sp³-hybridized carbons (Fsp3) is 0.855. The maximum atomic E-state index is 13.0. The van der Waals surface area contributed by atoms with Gasteiger partial charge in [0, 0.05) is 19.3 Å². The number of carbonyl (C=O) groups is 3. The predicted molar refractivity (Wildman–Crippen MR) is 358 cm³/mol. The van der Waals surface area contributed by atoms with Crippen LogP contribution in [0, 0.1) is 0 Å². The van der Waals surface area contributed by atoms with Crippen LogP contribution in [-0.2, 0) is 28.6 Å². The second kappa shape index (κ2) is 70.9. The summed E-state index contributed by atoms with van der Waals surface area (Å²) in [4.78, 5) is 38.4. The molecule has 0 aliphatic carbocycles. The molecule has 480 valence electrons. The first-order valence-electron chi connectivity index (χ1n) is 36.6. The van der Waals surface area contributed by atoms with Gasteiger partial charge in [0.05, 0.1) is 0 Å². The minimum atomic E-state index is -0.774. The summed E-state index contributed by atoms with van der Waals surface area (Å²) in [6.45, 7) is 6.69. The van der Waals surface area contributed by atoms with E-state index in [1.165, 1.54) is 289 Å². The quantitative estimate of drug-likeness (QED) is 0.0261. The first-order chi connectivity index (χ1) is 40.5. The predicted octanol–water partition coefficient (Wildman–Crippen LogP) is 25.3. The molecule has 0 heterocycles. The van der Waals surface area contributed by atoms with Crippen molar-refractivity contribution in [2.24, 2.45) is 0 Å². The zero-order valence-corrected chi connectivity index (χ0v) is 55.3. The molecule has 0 aromatic rings. The normalized spacial score (nSPS) is 12.3. The summed E-state index contributed by atoms with van der Waals surface area (Å²) in [5.74, 6) is -0.846. The number of ether oxygens (including phenoxy) is 3. The lowest BCUT2D eigenvalue weighted by molar-refractivity contribution is -0.167. The van der Waals surface area contributed by atoms with Crippen molar-refractivity contribution in [3.63, 3.8) is 0 Å². The number of carbonyl (C=O) groups excluding carboxylic acids is 3. The van der Waals surface area contributed by atoms with Crippen LogP contribution in [0.2, 0.25) is 0 Å². The average Bonchev–Trinajstić information content (AvgIpc) is 3.47. The number of unbranched alkanes of at least 4 members (excludes halogenated alkanes) is 49. The Hall–Kier alpha value is -2.63. The van der Waals surface area contributed by atoms with E-state index in [-0.39, 0.29) is 31.1 Å². The summed E-state index contributed by atoms with van der Waals surface area (Å²) in [6.07, 6.45) is 90.1. The van der Waals surface area contributed by atoms with Gasteiger partial charge < -0.3 is 14.2 Å². The lowest BCUT2D eigenvalue weighted by atomic mass is 10.0. The summed E-state index contributed by atoms with van der Waals surface area (Å²) in [7, 11) is 0. The second-order valence-electron chi connectivity index (χ2n) is 24.9. The van der Waals surface area contributed by atoms with Crippen LogP contribution < -0.4 is 0 Å². The van der Waals surface area contributed by atoms with Gasteiger partial charge in [-0.3, -0.25) is 14.4 Å². The van der Waals surface area contributed by atoms with E-state index in [9.17, 15) is 14.4 Å². The molecule has 0 rings (SSSR count). The number of hydrogen-bond acceptors (Lipinski definition) is 6. The van der Waals surface area contributed by atoms with Gasteiger partial charge in [0.15, 0.2) is 6.10 Å². The van der Waals surface area contributed by atoms with Crippen LogP contribution in [-0.4, -0.2) is 37.2 Å². The highest BCUT2D eigenvalue weighted by atomic mass is 16.6. The van der Waals surface area contributed by atoms with Crippen LogP contribution >= 0.6 is 0 Å². The van der Waals surface area contributed by atoms with Gasteiger partial charge in [-0.05, 0) is 83.5 Å². The van der Waals surface area contributed by atoms with Gasteiger partial charge in [0.1, 0.15) is 13.2 Å². The van der Waals surface area contributed by atoms with Crippen molar-refractivity contribution in [1.29, 1.82) is 0 Å². The molecule has 0 saturated carbocycles. The van der Waals surface area contributed by atoms with E-state index in [1.807, 2.05) is 0 Å². The van der Waals surface area contributed by atoms with E-state index >= 15 is 0 Å². The first kappa shape index (κ1) is 79.4. The van der Waals surface area contributed by atoms with Crippen molar-refractivity contribution < 1.29 is 28.6 Å². The van der Waals surface area contributed by atoms with Gasteiger partial charge in [-0.2, -0.15) is 0 Å². The van der Waals surface area contributed by atoms with Crippen molar-refractivity contribution in [1.82, 2.24) is 0 Å². The third-order valence-corrected chi connectivity index (χ3v) is 16.6. The molecule has 0 saturated heterocycles. The van der Waals surface area contributed by atoms with Gasteiger partial charge in [-0.1, -0.05) is 345 Å². The van der Waals surface area contributed by atoms with E-state index in [0.717, 1.165) is 70.6 Å². The molecule has 0 spiro atoms. The Morgan fingerprint density at radius 3 is 0.695 bits per heavy atom. The molecule has 0 aromatic carbocycles.